The third-order valence-electron chi connectivity index (χ3n) is 5.25. The summed E-state index contributed by atoms with van der Waals surface area (Å²) in [5, 5.41) is 11.9. The van der Waals surface area contributed by atoms with Crippen molar-refractivity contribution in [1.82, 2.24) is 24.7 Å². The van der Waals surface area contributed by atoms with Crippen LogP contribution in [0.1, 0.15) is 32.1 Å². The molecular weight excluding hydrogens is 420 g/mol. The lowest BCUT2D eigenvalue weighted by Crippen LogP contribution is -2.26. The summed E-state index contributed by atoms with van der Waals surface area (Å²) in [6, 6.07) is 6.18. The number of aliphatic hydroxyl groups excluding tert-OH is 1. The molecule has 4 N–H and O–H groups in total. The number of aromatic amines is 1. The van der Waals surface area contributed by atoms with Gasteiger partial charge >= 0.3 is 0 Å². The molecule has 0 saturated heterocycles. The highest BCUT2D eigenvalue weighted by molar-refractivity contribution is 7.89. The Morgan fingerprint density at radius 2 is 1.90 bits per heavy atom. The van der Waals surface area contributed by atoms with Crippen LogP contribution in [0.5, 0.6) is 5.88 Å². The predicted molar refractivity (Wildman–Crippen MR) is 116 cm³/mol. The van der Waals surface area contributed by atoms with Gasteiger partial charge in [-0.15, -0.1) is 0 Å². The topological polar surface area (TPSA) is 142 Å². The van der Waals surface area contributed by atoms with Gasteiger partial charge in [-0.3, -0.25) is 0 Å². The van der Waals surface area contributed by atoms with E-state index in [1.165, 1.54) is 44.2 Å². The van der Waals surface area contributed by atoms with Crippen molar-refractivity contribution in [2.24, 2.45) is 5.92 Å². The van der Waals surface area contributed by atoms with Crippen molar-refractivity contribution < 1.29 is 18.3 Å². The van der Waals surface area contributed by atoms with E-state index in [1.54, 1.807) is 18.5 Å². The Labute approximate surface area is 180 Å². The number of ether oxygens (including phenoxy) is 1. The van der Waals surface area contributed by atoms with Crippen LogP contribution in [-0.4, -0.2) is 53.2 Å². The Hall–Kier alpha value is -2.76. The smallest absolute Gasteiger partial charge is 0.247 e. The molecule has 2 heterocycles. The number of sulfonamides is 1. The van der Waals surface area contributed by atoms with Crippen molar-refractivity contribution in [3.05, 3.63) is 30.6 Å². The summed E-state index contributed by atoms with van der Waals surface area (Å²) in [6.07, 6.45) is 7.66. The van der Waals surface area contributed by atoms with Gasteiger partial charge in [0, 0.05) is 12.2 Å². The zero-order valence-corrected chi connectivity index (χ0v) is 17.9. The van der Waals surface area contributed by atoms with Gasteiger partial charge in [0.15, 0.2) is 11.2 Å². The van der Waals surface area contributed by atoms with Crippen molar-refractivity contribution in [3.63, 3.8) is 0 Å². The van der Waals surface area contributed by atoms with Crippen LogP contribution in [0.2, 0.25) is 0 Å². The molecule has 0 radical (unpaired) electrons. The lowest BCUT2D eigenvalue weighted by molar-refractivity contribution is 0.205. The van der Waals surface area contributed by atoms with E-state index in [4.69, 9.17) is 9.84 Å². The fourth-order valence-corrected chi connectivity index (χ4v) is 4.65. The number of nitrogens with zero attached hydrogens (tertiary/aromatic N) is 3. The summed E-state index contributed by atoms with van der Waals surface area (Å²) in [6.45, 7) is 0.299. The van der Waals surface area contributed by atoms with Gasteiger partial charge in [-0.05, 0) is 43.0 Å². The number of anilines is 2. The van der Waals surface area contributed by atoms with Crippen molar-refractivity contribution in [3.8, 4) is 5.88 Å². The summed E-state index contributed by atoms with van der Waals surface area (Å²) in [7, 11) is -3.66. The molecule has 1 aliphatic carbocycles. The average molecular weight is 447 g/mol. The van der Waals surface area contributed by atoms with Crippen molar-refractivity contribution in [2.45, 2.75) is 37.0 Å². The maximum atomic E-state index is 12.1. The Balaban J connectivity index is 1.49. The molecule has 0 atom stereocenters. The molecule has 1 aliphatic rings. The number of aromatic nitrogens is 4. The van der Waals surface area contributed by atoms with Gasteiger partial charge in [0.1, 0.15) is 0 Å². The molecule has 31 heavy (non-hydrogen) atoms. The normalized spacial score (nSPS) is 15.3. The minimum Gasteiger partial charge on any atom is -0.476 e. The first-order valence-electron chi connectivity index (χ1n) is 10.4. The summed E-state index contributed by atoms with van der Waals surface area (Å²) in [5.41, 5.74) is 1.76. The zero-order chi connectivity index (χ0) is 21.7. The molecule has 0 spiro atoms. The highest BCUT2D eigenvalue weighted by atomic mass is 32.2. The fourth-order valence-electron chi connectivity index (χ4n) is 3.63. The molecule has 2 aromatic heterocycles. The van der Waals surface area contributed by atoms with E-state index in [0.717, 1.165) is 0 Å². The monoisotopic (exact) mass is 446 g/mol. The summed E-state index contributed by atoms with van der Waals surface area (Å²) in [5.74, 6) is 1.28. The second kappa shape index (κ2) is 9.58. The van der Waals surface area contributed by atoms with Crippen LogP contribution in [0.15, 0.2) is 35.5 Å². The maximum absolute atomic E-state index is 12.1. The fraction of sp³-hybridized carbons (Fsp3) is 0.450. The second-order valence-corrected chi connectivity index (χ2v) is 9.30. The molecule has 1 saturated carbocycles. The lowest BCUT2D eigenvalue weighted by Gasteiger charge is -2.21. The van der Waals surface area contributed by atoms with Gasteiger partial charge in [0.05, 0.1) is 24.4 Å². The third-order valence-corrected chi connectivity index (χ3v) is 6.73. The van der Waals surface area contributed by atoms with Gasteiger partial charge in [-0.2, -0.15) is 9.97 Å². The molecule has 3 aromatic rings. The van der Waals surface area contributed by atoms with Gasteiger partial charge < -0.3 is 20.1 Å². The standard InChI is InChI=1S/C20H26N6O4S/c27-11-10-23-31(28,29)16-8-6-15(7-9-16)24-20-25-18-17(21-13-22-18)19(26-20)30-12-14-4-2-1-3-5-14/h6-9,13-14,23,27H,1-5,10-12H2,(H2,21,22,24,25,26). The summed E-state index contributed by atoms with van der Waals surface area (Å²) >= 11 is 0. The predicted octanol–water partition coefficient (Wildman–Crippen LogP) is 2.33. The molecule has 0 aliphatic heterocycles. The Morgan fingerprint density at radius 3 is 2.65 bits per heavy atom. The van der Waals surface area contributed by atoms with E-state index in [1.807, 2.05) is 0 Å². The first-order chi connectivity index (χ1) is 15.0. The van der Waals surface area contributed by atoms with Gasteiger partial charge in [-0.25, -0.2) is 18.1 Å². The highest BCUT2D eigenvalue weighted by Gasteiger charge is 2.18. The number of fused-ring (bicyclic) bond motifs is 1. The van der Waals surface area contributed by atoms with E-state index in [0.29, 0.717) is 41.2 Å². The van der Waals surface area contributed by atoms with Crippen LogP contribution >= 0.6 is 0 Å². The van der Waals surface area contributed by atoms with Gasteiger partial charge in [0.25, 0.3) is 0 Å². The van der Waals surface area contributed by atoms with Crippen LogP contribution < -0.4 is 14.8 Å². The lowest BCUT2D eigenvalue weighted by atomic mass is 9.90. The first-order valence-corrected chi connectivity index (χ1v) is 11.8. The third kappa shape index (κ3) is 5.30. The van der Waals surface area contributed by atoms with Crippen LogP contribution in [0.25, 0.3) is 11.2 Å². The Bertz CT molecular complexity index is 1110. The van der Waals surface area contributed by atoms with Crippen LogP contribution in [0.3, 0.4) is 0 Å². The molecule has 1 fully saturated rings. The minimum absolute atomic E-state index is 0.0377. The molecule has 4 rings (SSSR count). The second-order valence-electron chi connectivity index (χ2n) is 7.54. The molecule has 11 heteroatoms. The van der Waals surface area contributed by atoms with Crippen LogP contribution in [0, 0.1) is 5.92 Å². The van der Waals surface area contributed by atoms with Crippen molar-refractivity contribution >= 4 is 32.8 Å². The minimum atomic E-state index is -3.66. The molecule has 0 bridgehead atoms. The van der Waals surface area contributed by atoms with Crippen LogP contribution in [0.4, 0.5) is 11.6 Å². The zero-order valence-electron chi connectivity index (χ0n) is 17.0. The van der Waals surface area contributed by atoms with Gasteiger partial charge in [-0.1, -0.05) is 19.3 Å². The summed E-state index contributed by atoms with van der Waals surface area (Å²) < 4.78 is 32.6. The number of nitrogens with one attached hydrogen (secondary N) is 3. The van der Waals surface area contributed by atoms with Crippen molar-refractivity contribution in [2.75, 3.05) is 25.1 Å². The van der Waals surface area contributed by atoms with Crippen molar-refractivity contribution in [1.29, 1.82) is 0 Å². The van der Waals surface area contributed by atoms with Gasteiger partial charge in [0.2, 0.25) is 21.9 Å². The molecule has 166 valence electrons. The summed E-state index contributed by atoms with van der Waals surface area (Å²) in [4.78, 5) is 16.3. The molecule has 10 nitrogen and oxygen atoms in total. The number of rotatable bonds is 9. The molecule has 0 unspecified atom stereocenters. The maximum Gasteiger partial charge on any atom is 0.247 e. The molecule has 1 aromatic carbocycles. The Morgan fingerprint density at radius 1 is 1.13 bits per heavy atom. The number of H-pyrrole nitrogens is 1. The number of imidazole rings is 1. The highest BCUT2D eigenvalue weighted by Crippen LogP contribution is 2.27. The number of hydrogen-bond acceptors (Lipinski definition) is 8. The van der Waals surface area contributed by atoms with E-state index in [2.05, 4.69) is 30.0 Å². The SMILES string of the molecule is O=S(=O)(NCCO)c1ccc(Nc2nc(OCC3CCCCC3)c3nc[nH]c3n2)cc1. The van der Waals surface area contributed by atoms with E-state index in [9.17, 15) is 8.42 Å². The molecular formula is C20H26N6O4S. The number of benzene rings is 1. The van der Waals surface area contributed by atoms with E-state index >= 15 is 0 Å². The first kappa shape index (κ1) is 21.5. The quantitative estimate of drug-likeness (QED) is 0.392. The van der Waals surface area contributed by atoms with E-state index < -0.39 is 10.0 Å². The number of hydrogen-bond donors (Lipinski definition) is 4. The van der Waals surface area contributed by atoms with E-state index in [-0.39, 0.29) is 18.0 Å². The Kier molecular flexibility index (Phi) is 6.64. The average Bonchev–Trinajstić information content (AvgIpc) is 3.26. The largest absolute Gasteiger partial charge is 0.476 e. The number of aliphatic hydroxyl groups is 1. The molecule has 0 amide bonds. The van der Waals surface area contributed by atoms with Crippen LogP contribution in [-0.2, 0) is 10.0 Å².